The first-order valence-corrected chi connectivity index (χ1v) is 5.73. The van der Waals surface area contributed by atoms with Crippen LogP contribution in [0.4, 0.5) is 4.39 Å². The summed E-state index contributed by atoms with van der Waals surface area (Å²) in [5, 5.41) is 0. The Balaban J connectivity index is 1.89. The molecule has 1 saturated heterocycles. The third-order valence-electron chi connectivity index (χ3n) is 3.00. The maximum Gasteiger partial charge on any atom is 0.123 e. The van der Waals surface area contributed by atoms with Gasteiger partial charge in [0, 0.05) is 13.1 Å². The van der Waals surface area contributed by atoms with Crippen molar-refractivity contribution in [2.45, 2.75) is 19.3 Å². The van der Waals surface area contributed by atoms with Crippen LogP contribution in [0.15, 0.2) is 24.3 Å². The van der Waals surface area contributed by atoms with Crippen LogP contribution in [0.1, 0.15) is 18.4 Å². The van der Waals surface area contributed by atoms with Gasteiger partial charge < -0.3 is 0 Å². The summed E-state index contributed by atoms with van der Waals surface area (Å²) < 4.78 is 14.5. The minimum Gasteiger partial charge on any atom is -0.220 e. The van der Waals surface area contributed by atoms with Crippen LogP contribution in [-0.4, -0.2) is 17.5 Å². The second kappa shape index (κ2) is 4.95. The van der Waals surface area contributed by atoms with Crippen molar-refractivity contribution in [3.05, 3.63) is 35.6 Å². The molecule has 0 radical (unpaired) electrons. The van der Waals surface area contributed by atoms with Crippen molar-refractivity contribution in [3.8, 4) is 0 Å². The SMILES string of the molecule is Fc1ccc(CC2CCN(Cl)CC2)cc1. The van der Waals surface area contributed by atoms with Gasteiger partial charge in [-0.25, -0.2) is 8.81 Å². The largest absolute Gasteiger partial charge is 0.220 e. The van der Waals surface area contributed by atoms with Gasteiger partial charge in [0.25, 0.3) is 0 Å². The number of piperidine rings is 1. The fourth-order valence-corrected chi connectivity index (χ4v) is 2.25. The molecule has 15 heavy (non-hydrogen) atoms. The highest BCUT2D eigenvalue weighted by Crippen LogP contribution is 2.22. The molecule has 2 rings (SSSR count). The monoisotopic (exact) mass is 227 g/mol. The molecule has 1 aliphatic rings. The van der Waals surface area contributed by atoms with Gasteiger partial charge in [0.05, 0.1) is 0 Å². The summed E-state index contributed by atoms with van der Waals surface area (Å²) in [4.78, 5) is 0. The lowest BCUT2D eigenvalue weighted by Gasteiger charge is -2.26. The van der Waals surface area contributed by atoms with E-state index in [1.165, 1.54) is 17.7 Å². The molecule has 1 aromatic rings. The minimum atomic E-state index is -0.158. The second-order valence-electron chi connectivity index (χ2n) is 4.18. The highest BCUT2D eigenvalue weighted by molar-refractivity contribution is 6.13. The molecule has 82 valence electrons. The quantitative estimate of drug-likeness (QED) is 0.702. The minimum absolute atomic E-state index is 0.158. The van der Waals surface area contributed by atoms with Gasteiger partial charge in [0.1, 0.15) is 5.82 Å². The third-order valence-corrected chi connectivity index (χ3v) is 3.34. The summed E-state index contributed by atoms with van der Waals surface area (Å²) in [5.41, 5.74) is 1.23. The number of hydrogen-bond acceptors (Lipinski definition) is 1. The van der Waals surface area contributed by atoms with Crippen LogP contribution in [0.2, 0.25) is 0 Å². The van der Waals surface area contributed by atoms with Gasteiger partial charge in [-0.2, -0.15) is 0 Å². The Kier molecular flexibility index (Phi) is 3.60. The zero-order valence-electron chi connectivity index (χ0n) is 8.63. The van der Waals surface area contributed by atoms with E-state index >= 15 is 0 Å². The van der Waals surface area contributed by atoms with Crippen molar-refractivity contribution in [1.29, 1.82) is 0 Å². The van der Waals surface area contributed by atoms with Crippen molar-refractivity contribution in [1.82, 2.24) is 4.42 Å². The fraction of sp³-hybridized carbons (Fsp3) is 0.500. The maximum atomic E-state index is 12.7. The van der Waals surface area contributed by atoms with Crippen LogP contribution in [-0.2, 0) is 6.42 Å². The molecule has 1 aliphatic heterocycles. The smallest absolute Gasteiger partial charge is 0.123 e. The van der Waals surface area contributed by atoms with Crippen LogP contribution in [0.5, 0.6) is 0 Å². The Bertz CT molecular complexity index is 304. The molecule has 0 aliphatic carbocycles. The van der Waals surface area contributed by atoms with Gasteiger partial charge in [-0.05, 0) is 54.7 Å². The van der Waals surface area contributed by atoms with E-state index < -0.39 is 0 Å². The second-order valence-corrected chi connectivity index (χ2v) is 4.66. The van der Waals surface area contributed by atoms with Crippen LogP contribution in [0, 0.1) is 11.7 Å². The van der Waals surface area contributed by atoms with Gasteiger partial charge in [0.15, 0.2) is 0 Å². The van der Waals surface area contributed by atoms with Crippen LogP contribution >= 0.6 is 11.8 Å². The Morgan fingerprint density at radius 3 is 2.40 bits per heavy atom. The normalized spacial score (nSPS) is 19.3. The van der Waals surface area contributed by atoms with E-state index in [1.807, 2.05) is 16.6 Å². The Morgan fingerprint density at radius 2 is 1.80 bits per heavy atom. The van der Waals surface area contributed by atoms with E-state index in [9.17, 15) is 4.39 Å². The molecule has 0 saturated carbocycles. The molecule has 0 aromatic heterocycles. The predicted octanol–water partition coefficient (Wildman–Crippen LogP) is 3.23. The van der Waals surface area contributed by atoms with Gasteiger partial charge in [-0.15, -0.1) is 0 Å². The Morgan fingerprint density at radius 1 is 1.20 bits per heavy atom. The first-order chi connectivity index (χ1) is 7.24. The molecule has 1 aromatic carbocycles. The summed E-state index contributed by atoms with van der Waals surface area (Å²) >= 11 is 5.89. The van der Waals surface area contributed by atoms with Crippen LogP contribution in [0.25, 0.3) is 0 Å². The zero-order chi connectivity index (χ0) is 10.7. The lowest BCUT2D eigenvalue weighted by molar-refractivity contribution is 0.282. The van der Waals surface area contributed by atoms with E-state index in [2.05, 4.69) is 0 Å². The number of halogens is 2. The van der Waals surface area contributed by atoms with Crippen molar-refractivity contribution in [2.24, 2.45) is 5.92 Å². The molecule has 0 spiro atoms. The lowest BCUT2D eigenvalue weighted by Crippen LogP contribution is -2.27. The molecule has 3 heteroatoms. The van der Waals surface area contributed by atoms with Gasteiger partial charge in [0.2, 0.25) is 0 Å². The lowest BCUT2D eigenvalue weighted by atomic mass is 9.91. The summed E-state index contributed by atoms with van der Waals surface area (Å²) in [6, 6.07) is 6.82. The van der Waals surface area contributed by atoms with Crippen molar-refractivity contribution >= 4 is 11.8 Å². The number of hydrogen-bond donors (Lipinski definition) is 0. The van der Waals surface area contributed by atoms with Crippen LogP contribution < -0.4 is 0 Å². The molecule has 0 amide bonds. The topological polar surface area (TPSA) is 3.24 Å². The predicted molar refractivity (Wildman–Crippen MR) is 60.3 cm³/mol. The van der Waals surface area contributed by atoms with E-state index in [4.69, 9.17) is 11.8 Å². The molecule has 0 unspecified atom stereocenters. The molecule has 0 atom stereocenters. The molecular weight excluding hydrogens is 213 g/mol. The highest BCUT2D eigenvalue weighted by atomic mass is 35.5. The first kappa shape index (κ1) is 10.9. The summed E-state index contributed by atoms with van der Waals surface area (Å²) in [6.45, 7) is 1.93. The molecule has 1 nitrogen and oxygen atoms in total. The molecular formula is C12H15ClFN. The van der Waals surface area contributed by atoms with E-state index in [1.54, 1.807) is 0 Å². The molecule has 0 N–H and O–H groups in total. The molecule has 1 heterocycles. The molecule has 0 bridgehead atoms. The summed E-state index contributed by atoms with van der Waals surface area (Å²) in [6.07, 6.45) is 3.33. The standard InChI is InChI=1S/C12H15ClFN/c13-15-7-5-11(6-8-15)9-10-1-3-12(14)4-2-10/h1-4,11H,5-9H2. The van der Waals surface area contributed by atoms with E-state index in [0.717, 1.165) is 32.4 Å². The Hall–Kier alpha value is -0.600. The molecule has 1 fully saturated rings. The third kappa shape index (κ3) is 3.18. The van der Waals surface area contributed by atoms with Crippen LogP contribution in [0.3, 0.4) is 0 Å². The fourth-order valence-electron chi connectivity index (χ4n) is 2.06. The number of benzene rings is 1. The average molecular weight is 228 g/mol. The van der Waals surface area contributed by atoms with Crippen molar-refractivity contribution in [3.63, 3.8) is 0 Å². The van der Waals surface area contributed by atoms with E-state index in [-0.39, 0.29) is 5.82 Å². The van der Waals surface area contributed by atoms with Gasteiger partial charge in [-0.1, -0.05) is 12.1 Å². The Labute approximate surface area is 95.0 Å². The van der Waals surface area contributed by atoms with Crippen molar-refractivity contribution < 1.29 is 4.39 Å². The summed E-state index contributed by atoms with van der Waals surface area (Å²) in [5.74, 6) is 0.541. The summed E-state index contributed by atoms with van der Waals surface area (Å²) in [7, 11) is 0. The zero-order valence-corrected chi connectivity index (χ0v) is 9.38. The average Bonchev–Trinajstić information content (AvgIpc) is 2.25. The number of rotatable bonds is 2. The van der Waals surface area contributed by atoms with Gasteiger partial charge >= 0.3 is 0 Å². The van der Waals surface area contributed by atoms with E-state index in [0.29, 0.717) is 5.92 Å². The maximum absolute atomic E-state index is 12.7. The first-order valence-electron chi connectivity index (χ1n) is 5.39. The highest BCUT2D eigenvalue weighted by Gasteiger charge is 2.17. The number of nitrogens with zero attached hydrogens (tertiary/aromatic N) is 1. The van der Waals surface area contributed by atoms with Gasteiger partial charge in [-0.3, -0.25) is 0 Å². The van der Waals surface area contributed by atoms with Crippen molar-refractivity contribution in [2.75, 3.05) is 13.1 Å².